The number of pyridine rings is 1. The summed E-state index contributed by atoms with van der Waals surface area (Å²) in [4.78, 5) is 16.5. The van der Waals surface area contributed by atoms with Gasteiger partial charge in [-0.1, -0.05) is 23.7 Å². The van der Waals surface area contributed by atoms with Gasteiger partial charge in [-0.15, -0.1) is 0 Å². The van der Waals surface area contributed by atoms with E-state index in [-0.39, 0.29) is 5.91 Å². The normalized spacial score (nSPS) is 10.8. The lowest BCUT2D eigenvalue weighted by atomic mass is 10.1. The number of nitrogens with zero attached hydrogens (tertiary/aromatic N) is 2. The Bertz CT molecular complexity index is 843. The predicted molar refractivity (Wildman–Crippen MR) is 93.4 cm³/mol. The Morgan fingerprint density at radius 1 is 1.21 bits per heavy atom. The van der Waals surface area contributed by atoms with Gasteiger partial charge in [0.25, 0.3) is 0 Å². The molecule has 0 aliphatic heterocycles. The fourth-order valence-corrected chi connectivity index (χ4v) is 2.58. The third-order valence-electron chi connectivity index (χ3n) is 3.53. The van der Waals surface area contributed by atoms with Crippen LogP contribution in [0.25, 0.3) is 5.65 Å². The number of ether oxygens (including phenoxy) is 1. The molecule has 3 rings (SSSR count). The number of fused-ring (bicyclic) bond motifs is 1. The van der Waals surface area contributed by atoms with Crippen LogP contribution >= 0.6 is 11.6 Å². The third-order valence-corrected chi connectivity index (χ3v) is 3.75. The van der Waals surface area contributed by atoms with Crippen LogP contribution in [0.5, 0.6) is 5.75 Å². The van der Waals surface area contributed by atoms with Crippen LogP contribution in [0.15, 0.2) is 48.8 Å². The molecule has 0 spiro atoms. The molecule has 0 aliphatic carbocycles. The lowest BCUT2D eigenvalue weighted by Crippen LogP contribution is -2.24. The molecule has 3 aromatic rings. The summed E-state index contributed by atoms with van der Waals surface area (Å²) >= 11 is 5.95. The molecule has 1 aromatic carbocycles. The Balaban J connectivity index is 1.56. The number of carbonyl (C=O) groups excluding carboxylic acids is 1. The third kappa shape index (κ3) is 4.06. The lowest BCUT2D eigenvalue weighted by molar-refractivity contribution is -0.120. The summed E-state index contributed by atoms with van der Waals surface area (Å²) in [5.41, 5.74) is 2.53. The standard InChI is InChI=1S/C18H18ClN3O2/c1-2-24-16-6-3-13(4-7-16)9-18(23)20-10-15-12-22-11-14(19)5-8-17(22)21-15/h3-8,11-12H,2,9-10H2,1H3,(H,20,23). The van der Waals surface area contributed by atoms with Crippen molar-refractivity contribution < 1.29 is 9.53 Å². The maximum Gasteiger partial charge on any atom is 0.224 e. The quantitative estimate of drug-likeness (QED) is 0.747. The van der Waals surface area contributed by atoms with E-state index in [0.717, 1.165) is 22.7 Å². The molecule has 6 heteroatoms. The van der Waals surface area contributed by atoms with Crippen molar-refractivity contribution in [1.82, 2.24) is 14.7 Å². The van der Waals surface area contributed by atoms with E-state index in [9.17, 15) is 4.79 Å². The first-order valence-electron chi connectivity index (χ1n) is 7.75. The summed E-state index contributed by atoms with van der Waals surface area (Å²) in [6.07, 6.45) is 3.97. The second-order valence-electron chi connectivity index (χ2n) is 5.38. The van der Waals surface area contributed by atoms with Gasteiger partial charge in [-0.25, -0.2) is 4.98 Å². The van der Waals surface area contributed by atoms with Crippen LogP contribution in [0, 0.1) is 0 Å². The van der Waals surface area contributed by atoms with Crippen molar-refractivity contribution in [2.75, 3.05) is 6.61 Å². The lowest BCUT2D eigenvalue weighted by Gasteiger charge is -2.05. The van der Waals surface area contributed by atoms with Crippen molar-refractivity contribution in [1.29, 1.82) is 0 Å². The van der Waals surface area contributed by atoms with Crippen LogP contribution in [0.4, 0.5) is 0 Å². The Morgan fingerprint density at radius 2 is 2.00 bits per heavy atom. The van der Waals surface area contributed by atoms with E-state index < -0.39 is 0 Å². The van der Waals surface area contributed by atoms with E-state index in [2.05, 4.69) is 10.3 Å². The van der Waals surface area contributed by atoms with Crippen molar-refractivity contribution in [3.05, 3.63) is 65.1 Å². The number of rotatable bonds is 6. The minimum atomic E-state index is -0.0470. The van der Waals surface area contributed by atoms with Crippen molar-refractivity contribution in [3.8, 4) is 5.75 Å². The van der Waals surface area contributed by atoms with Gasteiger partial charge >= 0.3 is 0 Å². The van der Waals surface area contributed by atoms with Gasteiger partial charge in [-0.05, 0) is 36.8 Å². The van der Waals surface area contributed by atoms with Gasteiger partial charge in [-0.3, -0.25) is 4.79 Å². The molecule has 0 fully saturated rings. The highest BCUT2D eigenvalue weighted by atomic mass is 35.5. The van der Waals surface area contributed by atoms with Gasteiger partial charge in [0.1, 0.15) is 11.4 Å². The smallest absolute Gasteiger partial charge is 0.224 e. The van der Waals surface area contributed by atoms with Crippen molar-refractivity contribution in [3.63, 3.8) is 0 Å². The number of hydrogen-bond acceptors (Lipinski definition) is 3. The molecule has 24 heavy (non-hydrogen) atoms. The molecule has 2 aromatic heterocycles. The summed E-state index contributed by atoms with van der Waals surface area (Å²) in [6, 6.07) is 11.2. The van der Waals surface area contributed by atoms with Gasteiger partial charge in [0.15, 0.2) is 0 Å². The zero-order valence-electron chi connectivity index (χ0n) is 13.3. The van der Waals surface area contributed by atoms with Gasteiger partial charge in [-0.2, -0.15) is 0 Å². The average Bonchev–Trinajstić information content (AvgIpc) is 2.97. The molecule has 0 radical (unpaired) electrons. The summed E-state index contributed by atoms with van der Waals surface area (Å²) < 4.78 is 7.23. The maximum absolute atomic E-state index is 12.1. The van der Waals surface area contributed by atoms with Crippen molar-refractivity contribution >= 4 is 23.2 Å². The average molecular weight is 344 g/mol. The zero-order chi connectivity index (χ0) is 16.9. The number of nitrogens with one attached hydrogen (secondary N) is 1. The van der Waals surface area contributed by atoms with Crippen molar-refractivity contribution in [2.24, 2.45) is 0 Å². The first-order valence-corrected chi connectivity index (χ1v) is 8.13. The maximum atomic E-state index is 12.1. The SMILES string of the molecule is CCOc1ccc(CC(=O)NCc2cn3cc(Cl)ccc3n2)cc1. The van der Waals surface area contributed by atoms with Gasteiger partial charge in [0.05, 0.1) is 30.3 Å². The van der Waals surface area contributed by atoms with Gasteiger partial charge < -0.3 is 14.5 Å². The Morgan fingerprint density at radius 3 is 2.75 bits per heavy atom. The number of amides is 1. The monoisotopic (exact) mass is 343 g/mol. The molecule has 2 heterocycles. The highest BCUT2D eigenvalue weighted by Gasteiger charge is 2.06. The minimum Gasteiger partial charge on any atom is -0.494 e. The van der Waals surface area contributed by atoms with Crippen LogP contribution in [0.1, 0.15) is 18.2 Å². The fourth-order valence-electron chi connectivity index (χ4n) is 2.41. The van der Waals surface area contributed by atoms with Crippen LogP contribution < -0.4 is 10.1 Å². The van der Waals surface area contributed by atoms with E-state index >= 15 is 0 Å². The molecule has 0 atom stereocenters. The molecule has 0 saturated carbocycles. The van der Waals surface area contributed by atoms with E-state index in [4.69, 9.17) is 16.3 Å². The number of carbonyl (C=O) groups is 1. The molecule has 1 N–H and O–H groups in total. The Hall–Kier alpha value is -2.53. The molecule has 1 amide bonds. The van der Waals surface area contributed by atoms with Crippen LogP contribution in [-0.4, -0.2) is 21.9 Å². The van der Waals surface area contributed by atoms with E-state index in [0.29, 0.717) is 24.6 Å². The van der Waals surface area contributed by atoms with Crippen LogP contribution in [0.2, 0.25) is 5.02 Å². The van der Waals surface area contributed by atoms with E-state index in [1.807, 2.05) is 47.9 Å². The molecular weight excluding hydrogens is 326 g/mol. The Kier molecular flexibility index (Phi) is 5.01. The van der Waals surface area contributed by atoms with Gasteiger partial charge in [0.2, 0.25) is 5.91 Å². The summed E-state index contributed by atoms with van der Waals surface area (Å²) in [5.74, 6) is 0.763. The second-order valence-corrected chi connectivity index (χ2v) is 5.81. The van der Waals surface area contributed by atoms with E-state index in [1.165, 1.54) is 0 Å². The molecule has 0 bridgehead atoms. The van der Waals surface area contributed by atoms with Crippen LogP contribution in [0.3, 0.4) is 0 Å². The topological polar surface area (TPSA) is 55.6 Å². The number of halogens is 1. The number of benzene rings is 1. The molecule has 124 valence electrons. The van der Waals surface area contributed by atoms with Crippen LogP contribution in [-0.2, 0) is 17.8 Å². The first-order chi connectivity index (χ1) is 11.6. The summed E-state index contributed by atoms with van der Waals surface area (Å²) in [5, 5.41) is 3.53. The number of hydrogen-bond donors (Lipinski definition) is 1. The predicted octanol–water partition coefficient (Wildman–Crippen LogP) is 3.25. The largest absolute Gasteiger partial charge is 0.494 e. The first kappa shape index (κ1) is 16.3. The molecule has 0 aliphatic rings. The van der Waals surface area contributed by atoms with E-state index in [1.54, 1.807) is 12.3 Å². The minimum absolute atomic E-state index is 0.0470. The number of imidazole rings is 1. The molecule has 0 saturated heterocycles. The number of aromatic nitrogens is 2. The Labute approximate surface area is 145 Å². The molecule has 5 nitrogen and oxygen atoms in total. The fraction of sp³-hybridized carbons (Fsp3) is 0.222. The second kappa shape index (κ2) is 7.36. The van der Waals surface area contributed by atoms with Gasteiger partial charge in [0, 0.05) is 12.4 Å². The highest BCUT2D eigenvalue weighted by Crippen LogP contribution is 2.13. The van der Waals surface area contributed by atoms with Crippen molar-refractivity contribution in [2.45, 2.75) is 19.9 Å². The molecule has 0 unspecified atom stereocenters. The summed E-state index contributed by atoms with van der Waals surface area (Å²) in [6.45, 7) is 2.95. The summed E-state index contributed by atoms with van der Waals surface area (Å²) in [7, 11) is 0. The zero-order valence-corrected chi connectivity index (χ0v) is 14.1. The highest BCUT2D eigenvalue weighted by molar-refractivity contribution is 6.30. The molecular formula is C18H18ClN3O2.